The van der Waals surface area contributed by atoms with E-state index in [0.717, 1.165) is 18.4 Å². The molecule has 0 aliphatic carbocycles. The zero-order valence-electron chi connectivity index (χ0n) is 14.3. The molecule has 0 atom stereocenters. The van der Waals surface area contributed by atoms with Crippen molar-refractivity contribution in [1.82, 2.24) is 0 Å². The second-order valence-electron chi connectivity index (χ2n) is 5.31. The first-order chi connectivity index (χ1) is 9.55. The zero-order chi connectivity index (χ0) is 14.8. The van der Waals surface area contributed by atoms with Gasteiger partial charge in [-0.2, -0.15) is 8.42 Å². The molecule has 0 saturated carbocycles. The van der Waals surface area contributed by atoms with Crippen LogP contribution >= 0.6 is 0 Å². The molecule has 3 nitrogen and oxygen atoms in total. The standard InChI is InChI=1S/C16H26O3S.Na.H/c1-2-3-4-5-6-7-8-9-12-15-13-10-11-14-16(15)20(17,18)19;;/h10-11,13-14H,2-9,12H2,1H3,(H,17,18,19);;/q;+1;-1. The maximum Gasteiger partial charge on any atom is 1.00 e. The number of benzene rings is 1. The molecule has 1 N–H and O–H groups in total. The van der Waals surface area contributed by atoms with Gasteiger partial charge in [-0.15, -0.1) is 0 Å². The molecule has 1 aromatic rings. The Hall–Kier alpha value is 0.130. The minimum absolute atomic E-state index is 0. The number of hydrogen-bond acceptors (Lipinski definition) is 2. The Balaban J connectivity index is 0. The predicted molar refractivity (Wildman–Crippen MR) is 83.7 cm³/mol. The number of aryl methyl sites for hydroxylation is 1. The summed E-state index contributed by atoms with van der Waals surface area (Å²) in [5.41, 5.74) is 0.723. The Morgan fingerprint density at radius 1 is 0.952 bits per heavy atom. The summed E-state index contributed by atoms with van der Waals surface area (Å²) in [6.45, 7) is 2.21. The molecule has 21 heavy (non-hydrogen) atoms. The van der Waals surface area contributed by atoms with Gasteiger partial charge < -0.3 is 1.43 Å². The fourth-order valence-electron chi connectivity index (χ4n) is 2.41. The molecule has 0 aromatic heterocycles. The molecule has 0 aliphatic heterocycles. The average Bonchev–Trinajstić information content (AvgIpc) is 2.41. The number of unbranched alkanes of at least 4 members (excludes halogenated alkanes) is 7. The number of rotatable bonds is 10. The summed E-state index contributed by atoms with van der Waals surface area (Å²) in [5, 5.41) is 0. The molecule has 0 saturated heterocycles. The third-order valence-corrected chi connectivity index (χ3v) is 4.50. The van der Waals surface area contributed by atoms with Crippen molar-refractivity contribution in [3.8, 4) is 0 Å². The topological polar surface area (TPSA) is 54.4 Å². The van der Waals surface area contributed by atoms with Crippen LogP contribution in [0.1, 0.15) is 65.3 Å². The van der Waals surface area contributed by atoms with Gasteiger partial charge in [0.2, 0.25) is 0 Å². The van der Waals surface area contributed by atoms with Crippen molar-refractivity contribution in [1.29, 1.82) is 0 Å². The van der Waals surface area contributed by atoms with Crippen molar-refractivity contribution in [2.45, 2.75) is 69.6 Å². The summed E-state index contributed by atoms with van der Waals surface area (Å²) < 4.78 is 31.7. The summed E-state index contributed by atoms with van der Waals surface area (Å²) >= 11 is 0. The first-order valence-corrected chi connectivity index (χ1v) is 9.05. The van der Waals surface area contributed by atoms with Crippen molar-refractivity contribution in [3.63, 3.8) is 0 Å². The van der Waals surface area contributed by atoms with Crippen LogP contribution in [0.3, 0.4) is 0 Å². The molecule has 116 valence electrons. The van der Waals surface area contributed by atoms with Gasteiger partial charge in [0, 0.05) is 0 Å². The predicted octanol–water partition coefficient (Wildman–Crippen LogP) is 1.73. The fraction of sp³-hybridized carbons (Fsp3) is 0.625. The second kappa shape index (κ2) is 11.7. The Labute approximate surface area is 153 Å². The van der Waals surface area contributed by atoms with Crippen molar-refractivity contribution in [2.24, 2.45) is 0 Å². The van der Waals surface area contributed by atoms with Crippen LogP contribution in [0.5, 0.6) is 0 Å². The van der Waals surface area contributed by atoms with Crippen LogP contribution in [-0.2, 0) is 16.5 Å². The molecule has 1 aromatic carbocycles. The van der Waals surface area contributed by atoms with Crippen molar-refractivity contribution >= 4 is 10.1 Å². The summed E-state index contributed by atoms with van der Waals surface area (Å²) in [6.07, 6.45) is 10.5. The van der Waals surface area contributed by atoms with Gasteiger partial charge in [-0.3, -0.25) is 4.55 Å². The molecule has 0 unspecified atom stereocenters. The molecular formula is C16H27NaO3S. The number of hydrogen-bond donors (Lipinski definition) is 1. The van der Waals surface area contributed by atoms with Crippen molar-refractivity contribution in [2.75, 3.05) is 0 Å². The van der Waals surface area contributed by atoms with Gasteiger partial charge in [0.15, 0.2) is 0 Å². The van der Waals surface area contributed by atoms with E-state index in [2.05, 4.69) is 6.92 Å². The van der Waals surface area contributed by atoms with Crippen molar-refractivity contribution in [3.05, 3.63) is 29.8 Å². The summed E-state index contributed by atoms with van der Waals surface area (Å²) in [5.74, 6) is 0. The van der Waals surface area contributed by atoms with E-state index in [1.54, 1.807) is 12.1 Å². The monoisotopic (exact) mass is 322 g/mol. The molecule has 0 amide bonds. The Morgan fingerprint density at radius 3 is 2.05 bits per heavy atom. The smallest absolute Gasteiger partial charge is 1.00 e. The van der Waals surface area contributed by atoms with Crippen LogP contribution in [0.2, 0.25) is 0 Å². The zero-order valence-corrected chi connectivity index (χ0v) is 16.2. The van der Waals surface area contributed by atoms with Crippen LogP contribution in [-0.4, -0.2) is 13.0 Å². The quantitative estimate of drug-likeness (QED) is 0.405. The van der Waals surface area contributed by atoms with Gasteiger partial charge in [0.1, 0.15) is 0 Å². The normalized spacial score (nSPS) is 11.1. The van der Waals surface area contributed by atoms with E-state index in [1.165, 1.54) is 44.6 Å². The largest absolute Gasteiger partial charge is 1.00 e. The molecule has 0 spiro atoms. The third-order valence-electron chi connectivity index (χ3n) is 3.55. The van der Waals surface area contributed by atoms with E-state index in [-0.39, 0.29) is 35.9 Å². The minimum atomic E-state index is -4.09. The first-order valence-electron chi connectivity index (χ1n) is 7.61. The van der Waals surface area contributed by atoms with Gasteiger partial charge in [0.05, 0.1) is 4.90 Å². The molecule has 5 heteroatoms. The van der Waals surface area contributed by atoms with E-state index >= 15 is 0 Å². The van der Waals surface area contributed by atoms with Crippen LogP contribution < -0.4 is 29.6 Å². The van der Waals surface area contributed by atoms with E-state index in [1.807, 2.05) is 6.07 Å². The van der Waals surface area contributed by atoms with Crippen molar-refractivity contribution < 1.29 is 44.0 Å². The first kappa shape index (κ1) is 21.1. The Bertz CT molecular complexity index is 492. The van der Waals surface area contributed by atoms with Crippen LogP contribution in [0.15, 0.2) is 29.2 Å². The summed E-state index contributed by atoms with van der Waals surface area (Å²) in [7, 11) is -4.09. The molecule has 0 aliphatic rings. The van der Waals surface area contributed by atoms with E-state index in [4.69, 9.17) is 4.55 Å². The Kier molecular flexibility index (Phi) is 11.7. The fourth-order valence-corrected chi connectivity index (χ4v) is 3.16. The molecule has 0 heterocycles. The molecule has 0 fully saturated rings. The SMILES string of the molecule is CCCCCCCCCCc1ccccc1S(=O)(=O)O.[H-].[Na+]. The molecule has 1 rings (SSSR count). The molecule has 0 radical (unpaired) electrons. The second-order valence-corrected chi connectivity index (χ2v) is 6.70. The van der Waals surface area contributed by atoms with Gasteiger partial charge in [0.25, 0.3) is 10.1 Å². The Morgan fingerprint density at radius 2 is 1.48 bits per heavy atom. The van der Waals surface area contributed by atoms with E-state index < -0.39 is 10.1 Å². The molecular weight excluding hydrogens is 295 g/mol. The van der Waals surface area contributed by atoms with Crippen LogP contribution in [0.4, 0.5) is 0 Å². The van der Waals surface area contributed by atoms with Gasteiger partial charge in [-0.05, 0) is 24.5 Å². The van der Waals surface area contributed by atoms with Gasteiger partial charge >= 0.3 is 29.6 Å². The van der Waals surface area contributed by atoms with E-state index in [9.17, 15) is 8.42 Å². The minimum Gasteiger partial charge on any atom is -1.00 e. The maximum absolute atomic E-state index is 11.2. The molecule has 0 bridgehead atoms. The maximum atomic E-state index is 11.2. The van der Waals surface area contributed by atoms with Gasteiger partial charge in [-0.25, -0.2) is 0 Å². The average molecular weight is 322 g/mol. The van der Waals surface area contributed by atoms with E-state index in [0.29, 0.717) is 6.42 Å². The van der Waals surface area contributed by atoms with Crippen LogP contribution in [0, 0.1) is 0 Å². The van der Waals surface area contributed by atoms with Crippen LogP contribution in [0.25, 0.3) is 0 Å². The summed E-state index contributed by atoms with van der Waals surface area (Å²) in [4.78, 5) is 0.0583. The summed E-state index contributed by atoms with van der Waals surface area (Å²) in [6, 6.07) is 6.70. The third kappa shape index (κ3) is 8.99. The van der Waals surface area contributed by atoms with Gasteiger partial charge in [-0.1, -0.05) is 70.1 Å².